The van der Waals surface area contributed by atoms with Crippen LogP contribution in [0.5, 0.6) is 11.5 Å². The summed E-state index contributed by atoms with van der Waals surface area (Å²) >= 11 is 0. The number of urea groups is 1. The van der Waals surface area contributed by atoms with Crippen molar-refractivity contribution < 1.29 is 13.9 Å². The molecule has 104 valence electrons. The third-order valence-corrected chi connectivity index (χ3v) is 2.41. The zero-order valence-electron chi connectivity index (χ0n) is 10.3. The number of carbonyl (C=O) groups is 1. The van der Waals surface area contributed by atoms with Crippen LogP contribution in [0, 0.1) is 5.82 Å². The number of primary amides is 1. The lowest BCUT2D eigenvalue weighted by Gasteiger charge is -2.10. The molecule has 0 saturated carbocycles. The molecule has 1 aromatic heterocycles. The number of amides is 2. The Labute approximate surface area is 113 Å². The molecule has 1 heterocycles. The lowest BCUT2D eigenvalue weighted by Crippen LogP contribution is -2.19. The van der Waals surface area contributed by atoms with E-state index in [1.807, 2.05) is 0 Å². The second kappa shape index (κ2) is 5.31. The van der Waals surface area contributed by atoms with Gasteiger partial charge in [-0.3, -0.25) is 0 Å². The predicted molar refractivity (Wildman–Crippen MR) is 72.7 cm³/mol. The average Bonchev–Trinajstić information content (AvgIpc) is 2.38. The molecule has 0 aliphatic rings. The largest absolute Gasteiger partial charge is 0.455 e. The van der Waals surface area contributed by atoms with Gasteiger partial charge in [-0.1, -0.05) is 0 Å². The molecule has 0 aliphatic carbocycles. The Bertz CT molecular complexity index is 662. The molecule has 2 rings (SSSR count). The monoisotopic (exact) mass is 277 g/mol. The Kier molecular flexibility index (Phi) is 3.56. The van der Waals surface area contributed by atoms with E-state index < -0.39 is 11.8 Å². The van der Waals surface area contributed by atoms with Crippen molar-refractivity contribution in [1.29, 1.82) is 0 Å². The van der Waals surface area contributed by atoms with Gasteiger partial charge in [-0.25, -0.2) is 14.2 Å². The van der Waals surface area contributed by atoms with Crippen molar-refractivity contribution in [3.63, 3.8) is 0 Å². The van der Waals surface area contributed by atoms with Gasteiger partial charge in [-0.2, -0.15) is 0 Å². The molecule has 7 nitrogen and oxygen atoms in total. The van der Waals surface area contributed by atoms with Crippen LogP contribution in [0.15, 0.2) is 30.5 Å². The molecule has 0 aliphatic heterocycles. The smallest absolute Gasteiger partial charge is 0.316 e. The maximum atomic E-state index is 13.7. The van der Waals surface area contributed by atoms with E-state index in [0.717, 1.165) is 6.07 Å². The number of nitrogens with two attached hydrogens (primary N) is 3. The molecule has 8 heteroatoms. The standard InChI is InChI=1S/C12H12FN5O2/c13-7-5-6(1-2-8(7)18-12(16)19)20-9-3-4-17-11(15)10(9)14/h1-5H,14H2,(H2,15,17)(H3,16,18,19). The van der Waals surface area contributed by atoms with E-state index in [0.29, 0.717) is 0 Å². The first-order valence-electron chi connectivity index (χ1n) is 5.51. The van der Waals surface area contributed by atoms with Crippen LogP contribution in [0.1, 0.15) is 0 Å². The fraction of sp³-hybridized carbons (Fsp3) is 0. The summed E-state index contributed by atoms with van der Waals surface area (Å²) in [5, 5.41) is 2.14. The summed E-state index contributed by atoms with van der Waals surface area (Å²) in [4.78, 5) is 14.4. The maximum Gasteiger partial charge on any atom is 0.316 e. The Morgan fingerprint density at radius 2 is 2.05 bits per heavy atom. The van der Waals surface area contributed by atoms with E-state index in [1.165, 1.54) is 24.4 Å². The van der Waals surface area contributed by atoms with Gasteiger partial charge in [0.25, 0.3) is 0 Å². The number of ether oxygens (including phenoxy) is 1. The number of rotatable bonds is 3. The van der Waals surface area contributed by atoms with Crippen LogP contribution in [0.3, 0.4) is 0 Å². The van der Waals surface area contributed by atoms with Gasteiger partial charge in [0.2, 0.25) is 0 Å². The Balaban J connectivity index is 2.24. The average molecular weight is 277 g/mol. The van der Waals surface area contributed by atoms with E-state index in [-0.39, 0.29) is 28.7 Å². The normalized spacial score (nSPS) is 10.1. The highest BCUT2D eigenvalue weighted by atomic mass is 19.1. The van der Waals surface area contributed by atoms with Gasteiger partial charge in [0.1, 0.15) is 23.1 Å². The van der Waals surface area contributed by atoms with E-state index in [2.05, 4.69) is 10.3 Å². The zero-order chi connectivity index (χ0) is 14.7. The highest BCUT2D eigenvalue weighted by Gasteiger charge is 2.09. The highest BCUT2D eigenvalue weighted by Crippen LogP contribution is 2.31. The minimum Gasteiger partial charge on any atom is -0.455 e. The molecular formula is C12H12FN5O2. The van der Waals surface area contributed by atoms with Gasteiger partial charge in [-0.05, 0) is 12.1 Å². The van der Waals surface area contributed by atoms with Crippen molar-refractivity contribution in [3.05, 3.63) is 36.3 Å². The van der Waals surface area contributed by atoms with Crippen molar-refractivity contribution in [2.75, 3.05) is 16.8 Å². The Hall–Kier alpha value is -3.03. The SMILES string of the molecule is NC(=O)Nc1ccc(Oc2ccnc(N)c2N)cc1F. The van der Waals surface area contributed by atoms with E-state index in [9.17, 15) is 9.18 Å². The number of aromatic nitrogens is 1. The number of nitrogens with one attached hydrogen (secondary N) is 1. The molecule has 20 heavy (non-hydrogen) atoms. The van der Waals surface area contributed by atoms with E-state index in [1.54, 1.807) is 0 Å². The van der Waals surface area contributed by atoms with Crippen LogP contribution in [-0.4, -0.2) is 11.0 Å². The number of nitrogen functional groups attached to an aromatic ring is 2. The molecular weight excluding hydrogens is 265 g/mol. The molecule has 0 saturated heterocycles. The van der Waals surface area contributed by atoms with Crippen LogP contribution in [-0.2, 0) is 0 Å². The number of carbonyl (C=O) groups excluding carboxylic acids is 1. The van der Waals surface area contributed by atoms with Crippen molar-refractivity contribution in [2.45, 2.75) is 0 Å². The van der Waals surface area contributed by atoms with E-state index >= 15 is 0 Å². The van der Waals surface area contributed by atoms with Crippen molar-refractivity contribution >= 4 is 23.2 Å². The van der Waals surface area contributed by atoms with Gasteiger partial charge >= 0.3 is 6.03 Å². The first-order valence-corrected chi connectivity index (χ1v) is 5.51. The first-order chi connectivity index (χ1) is 9.47. The molecule has 7 N–H and O–H groups in total. The summed E-state index contributed by atoms with van der Waals surface area (Å²) in [5.41, 5.74) is 16.2. The molecule has 2 amide bonds. The number of benzene rings is 1. The minimum absolute atomic E-state index is 0.0490. The first kappa shape index (κ1) is 13.4. The maximum absolute atomic E-state index is 13.7. The minimum atomic E-state index is -0.858. The Morgan fingerprint density at radius 1 is 1.30 bits per heavy atom. The number of anilines is 3. The topological polar surface area (TPSA) is 129 Å². The summed E-state index contributed by atoms with van der Waals surface area (Å²) in [7, 11) is 0. The van der Waals surface area contributed by atoms with Crippen molar-refractivity contribution in [2.24, 2.45) is 5.73 Å². The third-order valence-electron chi connectivity index (χ3n) is 2.41. The molecule has 2 aromatic rings. The van der Waals surface area contributed by atoms with Crippen LogP contribution in [0.25, 0.3) is 0 Å². The second-order valence-corrected chi connectivity index (χ2v) is 3.84. The molecule has 0 bridgehead atoms. The molecule has 0 radical (unpaired) electrons. The van der Waals surface area contributed by atoms with Gasteiger partial charge in [0.05, 0.1) is 5.69 Å². The summed E-state index contributed by atoms with van der Waals surface area (Å²) < 4.78 is 19.1. The predicted octanol–water partition coefficient (Wildman–Crippen LogP) is 1.67. The number of halogens is 1. The molecule has 0 spiro atoms. The molecule has 0 fully saturated rings. The van der Waals surface area contributed by atoms with Crippen LogP contribution < -0.4 is 27.3 Å². The number of nitrogens with zero attached hydrogens (tertiary/aromatic N) is 1. The fourth-order valence-corrected chi connectivity index (χ4v) is 1.48. The van der Waals surface area contributed by atoms with Crippen molar-refractivity contribution in [3.8, 4) is 11.5 Å². The zero-order valence-corrected chi connectivity index (χ0v) is 10.3. The second-order valence-electron chi connectivity index (χ2n) is 3.84. The molecule has 0 unspecified atom stereocenters. The van der Waals surface area contributed by atoms with E-state index in [4.69, 9.17) is 21.9 Å². The summed E-state index contributed by atoms with van der Waals surface area (Å²) in [6, 6.07) is 4.49. The van der Waals surface area contributed by atoms with Gasteiger partial charge in [0.15, 0.2) is 5.75 Å². The molecule has 1 aromatic carbocycles. The lowest BCUT2D eigenvalue weighted by atomic mass is 10.3. The third kappa shape index (κ3) is 2.86. The fourth-order valence-electron chi connectivity index (χ4n) is 1.48. The van der Waals surface area contributed by atoms with Crippen LogP contribution in [0.4, 0.5) is 26.4 Å². The summed E-state index contributed by atoms with van der Waals surface area (Å²) in [6.45, 7) is 0. The Morgan fingerprint density at radius 3 is 2.70 bits per heavy atom. The quantitative estimate of drug-likeness (QED) is 0.678. The number of pyridine rings is 1. The van der Waals surface area contributed by atoms with Gasteiger partial charge in [-0.15, -0.1) is 0 Å². The highest BCUT2D eigenvalue weighted by molar-refractivity contribution is 5.88. The van der Waals surface area contributed by atoms with Crippen LogP contribution >= 0.6 is 0 Å². The number of hydrogen-bond acceptors (Lipinski definition) is 5. The molecule has 0 atom stereocenters. The summed E-state index contributed by atoms with van der Waals surface area (Å²) in [5.74, 6) is -0.126. The van der Waals surface area contributed by atoms with Crippen molar-refractivity contribution in [1.82, 2.24) is 4.98 Å². The lowest BCUT2D eigenvalue weighted by molar-refractivity contribution is 0.259. The number of hydrogen-bond donors (Lipinski definition) is 4. The van der Waals surface area contributed by atoms with Gasteiger partial charge in [0, 0.05) is 18.3 Å². The van der Waals surface area contributed by atoms with Crippen LogP contribution in [0.2, 0.25) is 0 Å². The van der Waals surface area contributed by atoms with Gasteiger partial charge < -0.3 is 27.3 Å². The summed E-state index contributed by atoms with van der Waals surface area (Å²) in [6.07, 6.45) is 1.42.